The molecule has 2 aromatic rings. The van der Waals surface area contributed by atoms with Gasteiger partial charge in [0.15, 0.2) is 0 Å². The summed E-state index contributed by atoms with van der Waals surface area (Å²) < 4.78 is 16.6. The van der Waals surface area contributed by atoms with Crippen LogP contribution in [0, 0.1) is 17.7 Å². The standard InChI is InChI=1S/C31H37BrFN5/c1-18(21-8-10-23(32)30-29(21)34-17-36(30)2)37-12-11-27-28-25(5-3-4-6-26(28)37)35-38(27)20-7-9-22(24(33)13-20)31-14-19(15-31)16-31/h7-10,13,19,25-28,34-35H,1,3-6,11-12,14-17H2,2H3. The van der Waals surface area contributed by atoms with Crippen molar-refractivity contribution in [3.63, 3.8) is 0 Å². The van der Waals surface area contributed by atoms with Crippen molar-refractivity contribution in [2.75, 3.05) is 35.5 Å². The van der Waals surface area contributed by atoms with Crippen LogP contribution in [0.2, 0.25) is 0 Å². The first-order chi connectivity index (χ1) is 18.4. The average Bonchev–Trinajstić information content (AvgIpc) is 3.35. The van der Waals surface area contributed by atoms with E-state index in [-0.39, 0.29) is 11.2 Å². The third-order valence-corrected chi connectivity index (χ3v) is 11.5. The Labute approximate surface area is 233 Å². The molecule has 4 aliphatic carbocycles. The van der Waals surface area contributed by atoms with Gasteiger partial charge in [-0.25, -0.2) is 9.82 Å². The lowest BCUT2D eigenvalue weighted by molar-refractivity contribution is -0.0300. The topological polar surface area (TPSA) is 33.8 Å². The first kappa shape index (κ1) is 23.6. The normalized spacial score (nSPS) is 34.6. The molecular formula is C31H37BrFN5. The molecule has 0 spiro atoms. The Balaban J connectivity index is 1.09. The number of nitrogens with one attached hydrogen (secondary N) is 2. The van der Waals surface area contributed by atoms with Crippen molar-refractivity contribution in [2.45, 2.75) is 74.9 Å². The van der Waals surface area contributed by atoms with E-state index in [0.717, 1.165) is 47.0 Å². The zero-order chi connectivity index (χ0) is 25.8. The van der Waals surface area contributed by atoms with E-state index in [9.17, 15) is 0 Å². The SMILES string of the molecule is C=C(c1ccc(Br)c2c1NCN2C)N1CCC2C3C(CCCCC31)NN2c1ccc(C23CC(C2)C3)c(F)c1. The Kier molecular flexibility index (Phi) is 5.21. The fraction of sp³-hybridized carbons (Fsp3) is 0.548. The number of piperidine rings is 1. The van der Waals surface area contributed by atoms with Gasteiger partial charge in [-0.05, 0) is 95.6 Å². The van der Waals surface area contributed by atoms with E-state index in [4.69, 9.17) is 0 Å². The lowest BCUT2D eigenvalue weighted by Crippen LogP contribution is -2.55. The highest BCUT2D eigenvalue weighted by atomic mass is 79.9. The Morgan fingerprint density at radius 1 is 1.08 bits per heavy atom. The van der Waals surface area contributed by atoms with Crippen molar-refractivity contribution in [1.82, 2.24) is 10.3 Å². The van der Waals surface area contributed by atoms with Gasteiger partial charge in [0.25, 0.3) is 0 Å². The molecular weight excluding hydrogens is 541 g/mol. The Morgan fingerprint density at radius 3 is 2.66 bits per heavy atom. The highest BCUT2D eigenvalue weighted by Gasteiger charge is 2.58. The van der Waals surface area contributed by atoms with Crippen molar-refractivity contribution >= 4 is 38.7 Å². The molecule has 7 aliphatic rings. The zero-order valence-corrected chi connectivity index (χ0v) is 23.7. The lowest BCUT2D eigenvalue weighted by Gasteiger charge is -2.62. The molecule has 3 heterocycles. The minimum Gasteiger partial charge on any atom is -0.368 e. The molecule has 7 heteroatoms. The number of likely N-dealkylation sites (tertiary alicyclic amines) is 1. The summed E-state index contributed by atoms with van der Waals surface area (Å²) in [7, 11) is 2.13. The quantitative estimate of drug-likeness (QED) is 0.436. The molecule has 38 heavy (non-hydrogen) atoms. The average molecular weight is 579 g/mol. The highest BCUT2D eigenvalue weighted by Crippen LogP contribution is 2.65. The van der Waals surface area contributed by atoms with Crippen molar-refractivity contribution < 1.29 is 4.39 Å². The third-order valence-electron chi connectivity index (χ3n) is 10.8. The molecule has 0 aromatic heterocycles. The number of anilines is 3. The van der Waals surface area contributed by atoms with Crippen molar-refractivity contribution in [3.8, 4) is 0 Å². The molecule has 200 valence electrons. The molecule has 2 N–H and O–H groups in total. The first-order valence-corrected chi connectivity index (χ1v) is 15.3. The summed E-state index contributed by atoms with van der Waals surface area (Å²) in [5, 5.41) is 5.95. The molecule has 2 aromatic carbocycles. The predicted molar refractivity (Wildman–Crippen MR) is 156 cm³/mol. The van der Waals surface area contributed by atoms with Crippen LogP contribution >= 0.6 is 15.9 Å². The minimum absolute atomic E-state index is 0.00142. The summed E-state index contributed by atoms with van der Waals surface area (Å²) in [6.45, 7) is 6.46. The molecule has 4 unspecified atom stereocenters. The molecule has 0 radical (unpaired) electrons. The van der Waals surface area contributed by atoms with Gasteiger partial charge < -0.3 is 20.1 Å². The summed E-state index contributed by atoms with van der Waals surface area (Å²) in [5.41, 5.74) is 10.7. The Bertz CT molecular complexity index is 1310. The van der Waals surface area contributed by atoms with Gasteiger partial charge in [-0.1, -0.05) is 25.5 Å². The Hall–Kier alpha value is -2.25. The summed E-state index contributed by atoms with van der Waals surface area (Å²) in [4.78, 5) is 4.86. The molecule has 9 rings (SSSR count). The monoisotopic (exact) mass is 577 g/mol. The van der Waals surface area contributed by atoms with E-state index < -0.39 is 0 Å². The van der Waals surface area contributed by atoms with Crippen LogP contribution in [-0.2, 0) is 5.41 Å². The van der Waals surface area contributed by atoms with Crippen molar-refractivity contribution in [1.29, 1.82) is 0 Å². The summed E-state index contributed by atoms with van der Waals surface area (Å²) in [6, 6.07) is 11.7. The number of rotatable bonds is 4. The van der Waals surface area contributed by atoms with Crippen LogP contribution in [0.15, 0.2) is 41.4 Å². The van der Waals surface area contributed by atoms with Crippen LogP contribution < -0.4 is 20.7 Å². The number of fused-ring (bicyclic) bond motifs is 1. The van der Waals surface area contributed by atoms with Crippen LogP contribution in [0.25, 0.3) is 5.70 Å². The van der Waals surface area contributed by atoms with Gasteiger partial charge in [0.1, 0.15) is 5.82 Å². The zero-order valence-electron chi connectivity index (χ0n) is 22.1. The number of halogens is 2. The number of benzene rings is 2. The lowest BCUT2D eigenvalue weighted by atomic mass is 9.42. The molecule has 4 atom stereocenters. The second-order valence-electron chi connectivity index (χ2n) is 12.8. The molecule has 6 fully saturated rings. The Morgan fingerprint density at radius 2 is 1.89 bits per heavy atom. The number of nitrogens with zero attached hydrogens (tertiary/aromatic N) is 3. The summed E-state index contributed by atoms with van der Waals surface area (Å²) in [6.07, 6.45) is 9.47. The van der Waals surface area contributed by atoms with E-state index in [0.29, 0.717) is 24.0 Å². The van der Waals surface area contributed by atoms with E-state index in [1.807, 2.05) is 6.07 Å². The van der Waals surface area contributed by atoms with Crippen molar-refractivity contribution in [3.05, 3.63) is 58.3 Å². The van der Waals surface area contributed by atoms with Crippen LogP contribution in [-0.4, -0.2) is 43.3 Å². The van der Waals surface area contributed by atoms with Gasteiger partial charge in [0.2, 0.25) is 0 Å². The number of hydrogen-bond acceptors (Lipinski definition) is 5. The predicted octanol–water partition coefficient (Wildman–Crippen LogP) is 6.46. The van der Waals surface area contributed by atoms with Crippen LogP contribution in [0.1, 0.15) is 62.5 Å². The van der Waals surface area contributed by atoms with Gasteiger partial charge in [0.05, 0.1) is 29.8 Å². The van der Waals surface area contributed by atoms with E-state index in [1.54, 1.807) is 0 Å². The van der Waals surface area contributed by atoms with Gasteiger partial charge in [0, 0.05) is 47.3 Å². The molecule has 2 bridgehead atoms. The highest BCUT2D eigenvalue weighted by molar-refractivity contribution is 9.10. The molecule has 4 saturated carbocycles. The van der Waals surface area contributed by atoms with Gasteiger partial charge >= 0.3 is 0 Å². The van der Waals surface area contributed by atoms with Crippen LogP contribution in [0.3, 0.4) is 0 Å². The third kappa shape index (κ3) is 3.24. The maximum atomic E-state index is 15.4. The van der Waals surface area contributed by atoms with Gasteiger partial charge in [-0.3, -0.25) is 0 Å². The number of hydrazine groups is 1. The van der Waals surface area contributed by atoms with Crippen LogP contribution in [0.5, 0.6) is 0 Å². The molecule has 5 nitrogen and oxygen atoms in total. The van der Waals surface area contributed by atoms with E-state index >= 15 is 4.39 Å². The second-order valence-corrected chi connectivity index (χ2v) is 13.7. The maximum Gasteiger partial charge on any atom is 0.129 e. The van der Waals surface area contributed by atoms with E-state index in [2.05, 4.69) is 79.4 Å². The van der Waals surface area contributed by atoms with Crippen molar-refractivity contribution in [2.24, 2.45) is 11.8 Å². The molecule has 0 amide bonds. The largest absolute Gasteiger partial charge is 0.368 e. The summed E-state index contributed by atoms with van der Waals surface area (Å²) >= 11 is 3.75. The fourth-order valence-electron chi connectivity index (χ4n) is 8.90. The van der Waals surface area contributed by atoms with Gasteiger partial charge in [-0.15, -0.1) is 0 Å². The fourth-order valence-corrected chi connectivity index (χ4v) is 9.53. The van der Waals surface area contributed by atoms with Gasteiger partial charge in [-0.2, -0.15) is 0 Å². The summed E-state index contributed by atoms with van der Waals surface area (Å²) in [5.74, 6) is 1.36. The smallest absolute Gasteiger partial charge is 0.129 e. The first-order valence-electron chi connectivity index (χ1n) is 14.5. The molecule has 3 aliphatic heterocycles. The van der Waals surface area contributed by atoms with E-state index in [1.165, 1.54) is 61.9 Å². The minimum atomic E-state index is -0.00142. The molecule has 2 saturated heterocycles. The van der Waals surface area contributed by atoms with Crippen LogP contribution in [0.4, 0.5) is 21.5 Å². The second kappa shape index (κ2) is 8.37. The maximum absolute atomic E-state index is 15.4. The number of hydrogen-bond donors (Lipinski definition) is 2.